The van der Waals surface area contributed by atoms with Gasteiger partial charge in [-0.1, -0.05) is 72.6 Å². The number of aliphatic hydroxyl groups excluding tert-OH is 1. The van der Waals surface area contributed by atoms with Gasteiger partial charge in [-0.15, -0.1) is 0 Å². The van der Waals surface area contributed by atoms with E-state index in [1.165, 1.54) is 51.2 Å². The highest BCUT2D eigenvalue weighted by Crippen LogP contribution is 2.38. The number of rotatable bonds is 22. The molecule has 0 aromatic rings. The fourth-order valence-corrected chi connectivity index (χ4v) is 5.66. The highest BCUT2D eigenvalue weighted by molar-refractivity contribution is 7.90. The SMILES string of the molecule is CCC(CC)(CCCCO)CCCCOCCCCC(CC)(CC)CCCS(C)(=O)=O. The minimum Gasteiger partial charge on any atom is -0.396 e. The maximum absolute atomic E-state index is 11.4. The van der Waals surface area contributed by atoms with Gasteiger partial charge in [0.1, 0.15) is 9.84 Å². The lowest BCUT2D eigenvalue weighted by Gasteiger charge is -2.32. The maximum Gasteiger partial charge on any atom is 0.147 e. The molecular formula is C26H54O4S. The highest BCUT2D eigenvalue weighted by atomic mass is 32.2. The number of unbranched alkanes of at least 4 members (excludes halogenated alkanes) is 3. The predicted octanol–water partition coefficient (Wildman–Crippen LogP) is 6.94. The van der Waals surface area contributed by atoms with Crippen molar-refractivity contribution in [2.75, 3.05) is 31.8 Å². The summed E-state index contributed by atoms with van der Waals surface area (Å²) >= 11 is 0. The Morgan fingerprint density at radius 3 is 1.39 bits per heavy atom. The van der Waals surface area contributed by atoms with E-state index in [9.17, 15) is 8.42 Å². The molecule has 0 amide bonds. The average Bonchev–Trinajstić information content (AvgIpc) is 2.75. The summed E-state index contributed by atoms with van der Waals surface area (Å²) in [4.78, 5) is 0. The third-order valence-corrected chi connectivity index (χ3v) is 8.86. The van der Waals surface area contributed by atoms with E-state index >= 15 is 0 Å². The Bertz CT molecular complexity index is 508. The van der Waals surface area contributed by atoms with Crippen molar-refractivity contribution in [3.8, 4) is 0 Å². The van der Waals surface area contributed by atoms with Crippen LogP contribution in [0.25, 0.3) is 0 Å². The summed E-state index contributed by atoms with van der Waals surface area (Å²) in [5, 5.41) is 9.04. The number of hydrogen-bond donors (Lipinski definition) is 1. The Balaban J connectivity index is 4.01. The summed E-state index contributed by atoms with van der Waals surface area (Å²) in [5.74, 6) is 0.316. The molecule has 0 heterocycles. The monoisotopic (exact) mass is 462 g/mol. The van der Waals surface area contributed by atoms with E-state index < -0.39 is 9.84 Å². The van der Waals surface area contributed by atoms with Gasteiger partial charge in [0.25, 0.3) is 0 Å². The van der Waals surface area contributed by atoms with Gasteiger partial charge in [0.05, 0.1) is 0 Å². The molecular weight excluding hydrogens is 408 g/mol. The van der Waals surface area contributed by atoms with Crippen molar-refractivity contribution in [1.29, 1.82) is 0 Å². The average molecular weight is 463 g/mol. The van der Waals surface area contributed by atoms with Crippen LogP contribution in [0.2, 0.25) is 0 Å². The molecule has 4 nitrogen and oxygen atoms in total. The van der Waals surface area contributed by atoms with Gasteiger partial charge in [-0.3, -0.25) is 0 Å². The molecule has 0 unspecified atom stereocenters. The normalized spacial score (nSPS) is 13.1. The molecule has 188 valence electrons. The van der Waals surface area contributed by atoms with Crippen molar-refractivity contribution in [2.45, 2.75) is 124 Å². The van der Waals surface area contributed by atoms with Crippen molar-refractivity contribution in [3.63, 3.8) is 0 Å². The Morgan fingerprint density at radius 1 is 0.645 bits per heavy atom. The van der Waals surface area contributed by atoms with E-state index in [0.29, 0.717) is 23.2 Å². The van der Waals surface area contributed by atoms with Crippen LogP contribution in [0.5, 0.6) is 0 Å². The summed E-state index contributed by atoms with van der Waals surface area (Å²) in [7, 11) is -2.85. The first-order chi connectivity index (χ1) is 14.7. The van der Waals surface area contributed by atoms with Gasteiger partial charge in [0.2, 0.25) is 0 Å². The molecule has 0 fully saturated rings. The fraction of sp³-hybridized carbons (Fsp3) is 1.00. The number of sulfone groups is 1. The van der Waals surface area contributed by atoms with Crippen molar-refractivity contribution < 1.29 is 18.3 Å². The van der Waals surface area contributed by atoms with Gasteiger partial charge in [-0.2, -0.15) is 0 Å². The van der Waals surface area contributed by atoms with Gasteiger partial charge in [-0.25, -0.2) is 8.42 Å². The molecule has 0 saturated heterocycles. The molecule has 0 aliphatic carbocycles. The largest absolute Gasteiger partial charge is 0.396 e. The minimum atomic E-state index is -2.85. The molecule has 0 rings (SSSR count). The molecule has 0 aliphatic rings. The fourth-order valence-electron chi connectivity index (χ4n) is 5.00. The Kier molecular flexibility index (Phi) is 17.3. The van der Waals surface area contributed by atoms with Crippen LogP contribution in [-0.2, 0) is 14.6 Å². The quantitative estimate of drug-likeness (QED) is 0.177. The number of aliphatic hydroxyl groups is 1. The summed E-state index contributed by atoms with van der Waals surface area (Å²) in [6, 6.07) is 0. The molecule has 0 aliphatic heterocycles. The first-order valence-corrected chi connectivity index (χ1v) is 15.1. The molecule has 31 heavy (non-hydrogen) atoms. The van der Waals surface area contributed by atoms with E-state index in [2.05, 4.69) is 27.7 Å². The van der Waals surface area contributed by atoms with Gasteiger partial charge in [0.15, 0.2) is 0 Å². The molecule has 0 spiro atoms. The highest BCUT2D eigenvalue weighted by Gasteiger charge is 2.26. The van der Waals surface area contributed by atoms with Crippen molar-refractivity contribution in [3.05, 3.63) is 0 Å². The van der Waals surface area contributed by atoms with Crippen LogP contribution >= 0.6 is 0 Å². The molecule has 1 N–H and O–H groups in total. The lowest BCUT2D eigenvalue weighted by molar-refractivity contribution is 0.113. The maximum atomic E-state index is 11.4. The van der Waals surface area contributed by atoms with Crippen molar-refractivity contribution in [2.24, 2.45) is 10.8 Å². The Hall–Kier alpha value is -0.130. The van der Waals surface area contributed by atoms with Crippen LogP contribution in [0, 0.1) is 10.8 Å². The first kappa shape index (κ1) is 30.9. The zero-order valence-corrected chi connectivity index (χ0v) is 22.3. The van der Waals surface area contributed by atoms with Gasteiger partial charge in [-0.05, 0) is 62.2 Å². The summed E-state index contributed by atoms with van der Waals surface area (Å²) in [6.07, 6.45) is 18.3. The van der Waals surface area contributed by atoms with Gasteiger partial charge < -0.3 is 9.84 Å². The molecule has 5 heteroatoms. The summed E-state index contributed by atoms with van der Waals surface area (Å²) in [5.41, 5.74) is 0.750. The third kappa shape index (κ3) is 14.6. The van der Waals surface area contributed by atoms with Gasteiger partial charge >= 0.3 is 0 Å². The topological polar surface area (TPSA) is 63.6 Å². The predicted molar refractivity (Wildman–Crippen MR) is 134 cm³/mol. The van der Waals surface area contributed by atoms with Crippen LogP contribution in [0.1, 0.15) is 124 Å². The van der Waals surface area contributed by atoms with Gasteiger partial charge in [0, 0.05) is 31.8 Å². The Morgan fingerprint density at radius 2 is 1.03 bits per heavy atom. The molecule has 0 saturated carbocycles. The van der Waals surface area contributed by atoms with Crippen LogP contribution < -0.4 is 0 Å². The molecule has 0 bridgehead atoms. The molecule has 0 radical (unpaired) electrons. The zero-order chi connectivity index (χ0) is 23.6. The zero-order valence-electron chi connectivity index (χ0n) is 21.5. The van der Waals surface area contributed by atoms with Crippen molar-refractivity contribution in [1.82, 2.24) is 0 Å². The lowest BCUT2D eigenvalue weighted by Crippen LogP contribution is -2.20. The van der Waals surface area contributed by atoms with E-state index in [1.807, 2.05) is 0 Å². The lowest BCUT2D eigenvalue weighted by atomic mass is 9.74. The minimum absolute atomic E-state index is 0.296. The number of hydrogen-bond acceptors (Lipinski definition) is 4. The van der Waals surface area contributed by atoms with Crippen LogP contribution in [0.15, 0.2) is 0 Å². The molecule has 0 atom stereocenters. The van der Waals surface area contributed by atoms with E-state index in [4.69, 9.17) is 9.84 Å². The molecule has 0 aromatic carbocycles. The molecule has 0 aromatic heterocycles. The second kappa shape index (κ2) is 17.4. The smallest absolute Gasteiger partial charge is 0.147 e. The standard InChI is InChI=1S/C26H54O4S/c1-6-25(7-2,17-10-13-21-27)18-11-14-22-30-23-15-12-19-26(8-3,9-4)20-16-24-31(5,28)29/h27H,6-24H2,1-5H3. The Labute approximate surface area is 194 Å². The van der Waals surface area contributed by atoms with Crippen LogP contribution in [-0.4, -0.2) is 45.4 Å². The number of ether oxygens (including phenoxy) is 1. The van der Waals surface area contributed by atoms with E-state index in [-0.39, 0.29) is 0 Å². The third-order valence-electron chi connectivity index (χ3n) is 7.83. The summed E-state index contributed by atoms with van der Waals surface area (Å²) < 4.78 is 28.8. The van der Waals surface area contributed by atoms with Crippen LogP contribution in [0.3, 0.4) is 0 Å². The second-order valence-corrected chi connectivity index (χ2v) is 12.1. The first-order valence-electron chi connectivity index (χ1n) is 13.1. The van der Waals surface area contributed by atoms with E-state index in [1.54, 1.807) is 0 Å². The van der Waals surface area contributed by atoms with Crippen molar-refractivity contribution >= 4 is 9.84 Å². The summed E-state index contributed by atoms with van der Waals surface area (Å²) in [6.45, 7) is 11.1. The van der Waals surface area contributed by atoms with E-state index in [0.717, 1.165) is 64.6 Å². The van der Waals surface area contributed by atoms with Crippen LogP contribution in [0.4, 0.5) is 0 Å². The second-order valence-electron chi connectivity index (χ2n) is 9.85.